The number of methoxy groups -OCH3 is 1. The molecular weight excluding hydrogens is 442 g/mol. The van der Waals surface area contributed by atoms with E-state index in [0.717, 1.165) is 28.8 Å². The largest absolute Gasteiger partial charge is 0.385 e. The summed E-state index contributed by atoms with van der Waals surface area (Å²) in [5, 5.41) is 3.83. The van der Waals surface area contributed by atoms with E-state index in [1.165, 1.54) is 22.2 Å². The lowest BCUT2D eigenvalue weighted by Crippen LogP contribution is -2.33. The highest BCUT2D eigenvalue weighted by Gasteiger charge is 2.22. The zero-order valence-corrected chi connectivity index (χ0v) is 21.0. The molecule has 6 nitrogen and oxygen atoms in total. The normalized spacial score (nSPS) is 12.3. The van der Waals surface area contributed by atoms with Crippen molar-refractivity contribution in [2.75, 3.05) is 20.3 Å². The van der Waals surface area contributed by atoms with Crippen molar-refractivity contribution in [1.82, 2.24) is 14.9 Å². The molecule has 1 atom stereocenters. The summed E-state index contributed by atoms with van der Waals surface area (Å²) >= 11 is 2.90. The maximum absolute atomic E-state index is 13.6. The quantitative estimate of drug-likeness (QED) is 0.270. The fraction of sp³-hybridized carbons (Fsp3) is 0.458. The molecule has 0 bridgehead atoms. The predicted molar refractivity (Wildman–Crippen MR) is 133 cm³/mol. The first kappa shape index (κ1) is 24.5. The van der Waals surface area contributed by atoms with Crippen molar-refractivity contribution in [3.63, 3.8) is 0 Å². The van der Waals surface area contributed by atoms with Crippen LogP contribution in [-0.2, 0) is 22.5 Å². The number of thiophene rings is 1. The Morgan fingerprint density at radius 3 is 2.66 bits per heavy atom. The molecule has 3 aromatic rings. The molecule has 1 N–H and O–H groups in total. The lowest BCUT2D eigenvalue weighted by atomic mass is 10.1. The van der Waals surface area contributed by atoms with Crippen molar-refractivity contribution in [3.05, 3.63) is 56.2 Å². The first-order valence-corrected chi connectivity index (χ1v) is 12.6. The third-order valence-electron chi connectivity index (χ3n) is 5.37. The molecule has 1 aromatic carbocycles. The van der Waals surface area contributed by atoms with E-state index in [1.54, 1.807) is 23.0 Å². The first-order chi connectivity index (χ1) is 15.3. The number of amides is 1. The number of benzene rings is 1. The molecule has 172 valence electrons. The molecule has 0 spiro atoms. The monoisotopic (exact) mass is 473 g/mol. The Balaban J connectivity index is 1.96. The van der Waals surface area contributed by atoms with E-state index in [9.17, 15) is 9.59 Å². The predicted octanol–water partition coefficient (Wildman–Crippen LogP) is 4.32. The highest BCUT2D eigenvalue weighted by atomic mass is 32.2. The van der Waals surface area contributed by atoms with Crippen LogP contribution >= 0.6 is 23.1 Å². The summed E-state index contributed by atoms with van der Waals surface area (Å²) in [5.41, 5.74) is 3.17. The van der Waals surface area contributed by atoms with Gasteiger partial charge >= 0.3 is 0 Å². The molecule has 1 unspecified atom stereocenters. The van der Waals surface area contributed by atoms with Gasteiger partial charge in [-0.25, -0.2) is 4.98 Å². The van der Waals surface area contributed by atoms with Gasteiger partial charge in [-0.2, -0.15) is 0 Å². The molecule has 8 heteroatoms. The van der Waals surface area contributed by atoms with Gasteiger partial charge in [-0.05, 0) is 44.7 Å². The number of nitrogens with one attached hydrogen (secondary N) is 1. The number of ether oxygens (including phenoxy) is 1. The van der Waals surface area contributed by atoms with Crippen molar-refractivity contribution in [1.29, 1.82) is 0 Å². The van der Waals surface area contributed by atoms with Gasteiger partial charge in [0.15, 0.2) is 5.16 Å². The van der Waals surface area contributed by atoms with Crippen LogP contribution in [0.4, 0.5) is 0 Å². The van der Waals surface area contributed by atoms with Crippen LogP contribution in [-0.4, -0.2) is 41.0 Å². The minimum atomic E-state index is -0.377. The van der Waals surface area contributed by atoms with Crippen molar-refractivity contribution >= 4 is 39.2 Å². The molecule has 0 radical (unpaired) electrons. The molecule has 0 fully saturated rings. The molecule has 2 heterocycles. The molecule has 0 aliphatic heterocycles. The van der Waals surface area contributed by atoms with Crippen molar-refractivity contribution in [2.45, 2.75) is 57.5 Å². The van der Waals surface area contributed by atoms with Gasteiger partial charge in [0, 0.05) is 25.1 Å². The van der Waals surface area contributed by atoms with Gasteiger partial charge in [0.05, 0.1) is 17.2 Å². The maximum Gasteiger partial charge on any atom is 0.263 e. The van der Waals surface area contributed by atoms with Crippen molar-refractivity contribution in [3.8, 4) is 0 Å². The second kappa shape index (κ2) is 11.1. The van der Waals surface area contributed by atoms with E-state index < -0.39 is 0 Å². The van der Waals surface area contributed by atoms with Crippen LogP contribution in [0.5, 0.6) is 0 Å². The van der Waals surface area contributed by atoms with Crippen LogP contribution in [0.15, 0.2) is 34.2 Å². The topological polar surface area (TPSA) is 73.2 Å². The van der Waals surface area contributed by atoms with E-state index in [-0.39, 0.29) is 16.7 Å². The van der Waals surface area contributed by atoms with E-state index >= 15 is 0 Å². The molecular formula is C24H31N3O3S2. The summed E-state index contributed by atoms with van der Waals surface area (Å²) in [6.45, 7) is 9.56. The number of aromatic nitrogens is 2. The third-order valence-corrected chi connectivity index (χ3v) is 7.79. The van der Waals surface area contributed by atoms with Gasteiger partial charge in [0.25, 0.3) is 5.56 Å². The molecule has 1 amide bonds. The Morgan fingerprint density at radius 2 is 2.00 bits per heavy atom. The van der Waals surface area contributed by atoms with Crippen LogP contribution in [0.1, 0.15) is 41.8 Å². The fourth-order valence-electron chi connectivity index (χ4n) is 3.47. The summed E-state index contributed by atoms with van der Waals surface area (Å²) in [6.07, 6.45) is 1.63. The number of fused-ring (bicyclic) bond motifs is 1. The van der Waals surface area contributed by atoms with Gasteiger partial charge in [0.1, 0.15) is 4.83 Å². The Hall–Kier alpha value is -2.16. The summed E-state index contributed by atoms with van der Waals surface area (Å²) in [5.74, 6) is -0.0704. The SMILES string of the molecule is CCc1sc2nc(SC(C)C(=O)NCCCOC)n(Cc3ccc(C)cc3)c(=O)c2c1C. The van der Waals surface area contributed by atoms with E-state index in [0.29, 0.717) is 30.2 Å². The second-order valence-electron chi connectivity index (χ2n) is 7.85. The lowest BCUT2D eigenvalue weighted by molar-refractivity contribution is -0.120. The van der Waals surface area contributed by atoms with Crippen molar-refractivity contribution < 1.29 is 9.53 Å². The number of hydrogen-bond donors (Lipinski definition) is 1. The number of aryl methyl sites for hydroxylation is 3. The minimum absolute atomic E-state index is 0.0424. The van der Waals surface area contributed by atoms with E-state index in [4.69, 9.17) is 9.72 Å². The highest BCUT2D eigenvalue weighted by molar-refractivity contribution is 8.00. The second-order valence-corrected chi connectivity index (χ2v) is 10.2. The van der Waals surface area contributed by atoms with Gasteiger partial charge in [0.2, 0.25) is 5.91 Å². The Kier molecular flexibility index (Phi) is 8.51. The first-order valence-electron chi connectivity index (χ1n) is 10.9. The smallest absolute Gasteiger partial charge is 0.263 e. The van der Waals surface area contributed by atoms with Crippen LogP contribution in [0.2, 0.25) is 0 Å². The number of carbonyl (C=O) groups excluding carboxylic acids is 1. The molecule has 0 saturated carbocycles. The Bertz CT molecular complexity index is 1140. The van der Waals surface area contributed by atoms with Gasteiger partial charge in [-0.1, -0.05) is 48.5 Å². The number of thioether (sulfide) groups is 1. The van der Waals surface area contributed by atoms with E-state index in [1.807, 2.05) is 45.0 Å². The van der Waals surface area contributed by atoms with Gasteiger partial charge in [-0.3, -0.25) is 14.2 Å². The lowest BCUT2D eigenvalue weighted by Gasteiger charge is -2.16. The number of rotatable bonds is 10. The highest BCUT2D eigenvalue weighted by Crippen LogP contribution is 2.31. The molecule has 32 heavy (non-hydrogen) atoms. The summed E-state index contributed by atoms with van der Waals surface area (Å²) in [6, 6.07) is 8.15. The zero-order chi connectivity index (χ0) is 23.3. The average molecular weight is 474 g/mol. The molecule has 3 rings (SSSR count). The Morgan fingerprint density at radius 1 is 1.28 bits per heavy atom. The third kappa shape index (κ3) is 5.60. The van der Waals surface area contributed by atoms with Crippen LogP contribution in [0, 0.1) is 13.8 Å². The van der Waals surface area contributed by atoms with Crippen molar-refractivity contribution in [2.24, 2.45) is 0 Å². The summed E-state index contributed by atoms with van der Waals surface area (Å²) < 4.78 is 6.74. The number of carbonyl (C=O) groups is 1. The molecule has 2 aromatic heterocycles. The number of hydrogen-bond acceptors (Lipinski definition) is 6. The van der Waals surface area contributed by atoms with Gasteiger partial charge in [-0.15, -0.1) is 11.3 Å². The molecule has 0 aliphatic rings. The molecule has 0 aliphatic carbocycles. The maximum atomic E-state index is 13.6. The fourth-order valence-corrected chi connectivity index (χ4v) is 5.56. The summed E-state index contributed by atoms with van der Waals surface area (Å²) in [7, 11) is 1.64. The van der Waals surface area contributed by atoms with Crippen LogP contribution in [0.3, 0.4) is 0 Å². The summed E-state index contributed by atoms with van der Waals surface area (Å²) in [4.78, 5) is 32.9. The average Bonchev–Trinajstić information content (AvgIpc) is 3.10. The van der Waals surface area contributed by atoms with Crippen LogP contribution in [0.25, 0.3) is 10.2 Å². The van der Waals surface area contributed by atoms with Crippen LogP contribution < -0.4 is 10.9 Å². The molecule has 0 saturated heterocycles. The Labute approximate surface area is 197 Å². The standard InChI is InChI=1S/C24H31N3O3S2/c1-6-19-16(3)20-22(32-19)26-24(31-17(4)21(28)25-12-7-13-30-5)27(23(20)29)14-18-10-8-15(2)9-11-18/h8-11,17H,6-7,12-14H2,1-5H3,(H,25,28). The number of nitrogens with zero attached hydrogens (tertiary/aromatic N) is 2. The zero-order valence-electron chi connectivity index (χ0n) is 19.4. The minimum Gasteiger partial charge on any atom is -0.385 e. The van der Waals surface area contributed by atoms with Gasteiger partial charge < -0.3 is 10.1 Å². The van der Waals surface area contributed by atoms with E-state index in [2.05, 4.69) is 12.2 Å².